The normalized spacial score (nSPS) is 41.5. The van der Waals surface area contributed by atoms with Crippen molar-refractivity contribution in [1.29, 1.82) is 0 Å². The average molecular weight is 215 g/mol. The monoisotopic (exact) mass is 215 g/mol. The summed E-state index contributed by atoms with van der Waals surface area (Å²) in [4.78, 5) is 0. The molecular formula is C15H21N. The van der Waals surface area contributed by atoms with Crippen LogP contribution in [-0.4, -0.2) is 6.04 Å². The molecule has 2 fully saturated rings. The number of nitrogens with two attached hydrogens (primary N) is 1. The fourth-order valence-electron chi connectivity index (χ4n) is 4.05. The zero-order valence-electron chi connectivity index (χ0n) is 10.0. The van der Waals surface area contributed by atoms with Crippen LogP contribution in [0.5, 0.6) is 0 Å². The van der Waals surface area contributed by atoms with Crippen LogP contribution in [0.15, 0.2) is 30.3 Å². The first kappa shape index (κ1) is 10.3. The first-order valence-electron chi connectivity index (χ1n) is 6.49. The van der Waals surface area contributed by atoms with E-state index in [0.717, 1.165) is 18.3 Å². The number of rotatable bonds is 2. The number of fused-ring (bicyclic) bond motifs is 2. The Morgan fingerprint density at radius 2 is 2.00 bits per heavy atom. The molecule has 0 saturated heterocycles. The second kappa shape index (κ2) is 3.59. The first-order chi connectivity index (χ1) is 7.70. The lowest BCUT2D eigenvalue weighted by Gasteiger charge is -2.39. The van der Waals surface area contributed by atoms with E-state index in [2.05, 4.69) is 37.3 Å². The molecule has 0 heterocycles. The average Bonchev–Trinajstić information content (AvgIpc) is 2.85. The van der Waals surface area contributed by atoms with Crippen LogP contribution in [0.25, 0.3) is 0 Å². The van der Waals surface area contributed by atoms with Crippen molar-refractivity contribution >= 4 is 0 Å². The maximum absolute atomic E-state index is 6.45. The molecule has 0 amide bonds. The lowest BCUT2D eigenvalue weighted by atomic mass is 9.68. The van der Waals surface area contributed by atoms with Gasteiger partial charge in [-0.2, -0.15) is 0 Å². The van der Waals surface area contributed by atoms with Gasteiger partial charge in [-0.3, -0.25) is 0 Å². The third-order valence-corrected chi connectivity index (χ3v) is 5.10. The molecule has 0 unspecified atom stereocenters. The third-order valence-electron chi connectivity index (χ3n) is 5.10. The molecule has 0 aliphatic heterocycles. The largest absolute Gasteiger partial charge is 0.327 e. The quantitative estimate of drug-likeness (QED) is 0.806. The fraction of sp³-hybridized carbons (Fsp3) is 0.600. The standard InChI is InChI=1S/C15H21N/c1-15(10-11-5-3-2-4-6-11)13-8-7-12(9-13)14(15)16/h2-6,12-14H,7-10,16H2,1H3/t12-,13+,14-,15-/m0/s1. The van der Waals surface area contributed by atoms with Crippen LogP contribution < -0.4 is 5.73 Å². The Kier molecular flexibility index (Phi) is 2.32. The highest BCUT2D eigenvalue weighted by Gasteiger charge is 2.53. The van der Waals surface area contributed by atoms with E-state index in [0.29, 0.717) is 11.5 Å². The predicted molar refractivity (Wildman–Crippen MR) is 67.1 cm³/mol. The molecule has 1 nitrogen and oxygen atoms in total. The molecule has 2 aliphatic carbocycles. The number of hydrogen-bond donors (Lipinski definition) is 1. The van der Waals surface area contributed by atoms with Gasteiger partial charge in [-0.1, -0.05) is 37.3 Å². The predicted octanol–water partition coefficient (Wildman–Crippen LogP) is 2.99. The number of benzene rings is 1. The van der Waals surface area contributed by atoms with Crippen molar-refractivity contribution in [3.63, 3.8) is 0 Å². The third kappa shape index (κ3) is 1.41. The Morgan fingerprint density at radius 1 is 1.25 bits per heavy atom. The van der Waals surface area contributed by atoms with E-state index in [1.54, 1.807) is 0 Å². The summed E-state index contributed by atoms with van der Waals surface area (Å²) < 4.78 is 0. The summed E-state index contributed by atoms with van der Waals surface area (Å²) in [6.07, 6.45) is 5.32. The molecule has 1 aromatic carbocycles. The molecule has 2 bridgehead atoms. The highest BCUT2D eigenvalue weighted by molar-refractivity contribution is 5.20. The van der Waals surface area contributed by atoms with Crippen molar-refractivity contribution in [2.45, 2.75) is 38.6 Å². The van der Waals surface area contributed by atoms with Crippen LogP contribution in [0.3, 0.4) is 0 Å². The van der Waals surface area contributed by atoms with Gasteiger partial charge in [0.05, 0.1) is 0 Å². The van der Waals surface area contributed by atoms with Crippen LogP contribution in [0.1, 0.15) is 31.7 Å². The Balaban J connectivity index is 1.84. The summed E-state index contributed by atoms with van der Waals surface area (Å²) in [5.41, 5.74) is 8.25. The van der Waals surface area contributed by atoms with Crippen molar-refractivity contribution in [1.82, 2.24) is 0 Å². The Hall–Kier alpha value is -0.820. The lowest BCUT2D eigenvalue weighted by Crippen LogP contribution is -2.45. The molecule has 0 spiro atoms. The molecule has 0 radical (unpaired) electrons. The van der Waals surface area contributed by atoms with Crippen molar-refractivity contribution in [2.24, 2.45) is 23.0 Å². The van der Waals surface area contributed by atoms with E-state index in [4.69, 9.17) is 5.73 Å². The van der Waals surface area contributed by atoms with Crippen molar-refractivity contribution in [2.75, 3.05) is 0 Å². The molecule has 2 aliphatic rings. The summed E-state index contributed by atoms with van der Waals surface area (Å²) in [7, 11) is 0. The second-order valence-electron chi connectivity index (χ2n) is 5.96. The maximum atomic E-state index is 6.45. The minimum atomic E-state index is 0.351. The summed E-state index contributed by atoms with van der Waals surface area (Å²) in [5.74, 6) is 1.67. The molecule has 86 valence electrons. The zero-order chi connectivity index (χ0) is 11.2. The van der Waals surface area contributed by atoms with Crippen molar-refractivity contribution in [3.05, 3.63) is 35.9 Å². The van der Waals surface area contributed by atoms with Gasteiger partial charge in [0.25, 0.3) is 0 Å². The van der Waals surface area contributed by atoms with Gasteiger partial charge in [0, 0.05) is 6.04 Å². The van der Waals surface area contributed by atoms with Crippen LogP contribution in [-0.2, 0) is 6.42 Å². The van der Waals surface area contributed by atoms with Crippen LogP contribution in [0, 0.1) is 17.3 Å². The van der Waals surface area contributed by atoms with Gasteiger partial charge in [-0.15, -0.1) is 0 Å². The maximum Gasteiger partial charge on any atom is 0.0127 e. The van der Waals surface area contributed by atoms with Gasteiger partial charge in [0.1, 0.15) is 0 Å². The van der Waals surface area contributed by atoms with Crippen molar-refractivity contribution in [3.8, 4) is 0 Å². The molecular weight excluding hydrogens is 194 g/mol. The molecule has 0 aromatic heterocycles. The smallest absolute Gasteiger partial charge is 0.0127 e. The topological polar surface area (TPSA) is 26.0 Å². The summed E-state index contributed by atoms with van der Waals surface area (Å²) in [5, 5.41) is 0. The van der Waals surface area contributed by atoms with Crippen molar-refractivity contribution < 1.29 is 0 Å². The highest BCUT2D eigenvalue weighted by Crippen LogP contribution is 2.56. The van der Waals surface area contributed by atoms with Crippen LogP contribution in [0.2, 0.25) is 0 Å². The highest BCUT2D eigenvalue weighted by atomic mass is 14.8. The van der Waals surface area contributed by atoms with Gasteiger partial charge >= 0.3 is 0 Å². The summed E-state index contributed by atoms with van der Waals surface area (Å²) >= 11 is 0. The Bertz CT molecular complexity index is 368. The molecule has 2 saturated carbocycles. The lowest BCUT2D eigenvalue weighted by molar-refractivity contribution is 0.155. The van der Waals surface area contributed by atoms with E-state index < -0.39 is 0 Å². The van der Waals surface area contributed by atoms with Gasteiger partial charge in [-0.05, 0) is 48.5 Å². The zero-order valence-corrected chi connectivity index (χ0v) is 10.0. The van der Waals surface area contributed by atoms with Crippen LogP contribution >= 0.6 is 0 Å². The molecule has 3 rings (SSSR count). The van der Waals surface area contributed by atoms with E-state index in [-0.39, 0.29) is 0 Å². The first-order valence-corrected chi connectivity index (χ1v) is 6.49. The van der Waals surface area contributed by atoms with E-state index in [1.165, 1.54) is 24.8 Å². The SMILES string of the molecule is C[C@]1(Cc2ccccc2)[C@@H]2CC[C@@H](C2)[C@@H]1N. The Labute approximate surface area is 98.0 Å². The summed E-state index contributed by atoms with van der Waals surface area (Å²) in [6, 6.07) is 11.3. The molecule has 4 atom stereocenters. The van der Waals surface area contributed by atoms with E-state index >= 15 is 0 Å². The Morgan fingerprint density at radius 3 is 2.62 bits per heavy atom. The second-order valence-corrected chi connectivity index (χ2v) is 5.96. The molecule has 1 heteroatoms. The molecule has 2 N–H and O–H groups in total. The van der Waals surface area contributed by atoms with Gasteiger partial charge in [-0.25, -0.2) is 0 Å². The van der Waals surface area contributed by atoms with Gasteiger partial charge in [0.15, 0.2) is 0 Å². The van der Waals surface area contributed by atoms with E-state index in [1.807, 2.05) is 0 Å². The summed E-state index contributed by atoms with van der Waals surface area (Å²) in [6.45, 7) is 2.41. The van der Waals surface area contributed by atoms with Gasteiger partial charge in [0.2, 0.25) is 0 Å². The van der Waals surface area contributed by atoms with E-state index in [9.17, 15) is 0 Å². The molecule has 1 aromatic rings. The molecule has 16 heavy (non-hydrogen) atoms. The number of hydrogen-bond acceptors (Lipinski definition) is 1. The van der Waals surface area contributed by atoms with Gasteiger partial charge < -0.3 is 5.73 Å². The minimum absolute atomic E-state index is 0.351. The minimum Gasteiger partial charge on any atom is -0.327 e. The fourth-order valence-corrected chi connectivity index (χ4v) is 4.05. The van der Waals surface area contributed by atoms with Crippen LogP contribution in [0.4, 0.5) is 0 Å².